The molecule has 4 aliphatic carbocycles. The van der Waals surface area contributed by atoms with Crippen molar-refractivity contribution in [1.82, 2.24) is 5.32 Å². The molecule has 0 saturated heterocycles. The van der Waals surface area contributed by atoms with Gasteiger partial charge in [-0.15, -0.1) is 0 Å². The van der Waals surface area contributed by atoms with E-state index < -0.39 is 20.5 Å². The van der Waals surface area contributed by atoms with E-state index in [1.54, 1.807) is 38.1 Å². The van der Waals surface area contributed by atoms with E-state index in [-0.39, 0.29) is 23.8 Å². The highest BCUT2D eigenvalue weighted by molar-refractivity contribution is 7.88. The Hall–Kier alpha value is -1.31. The van der Waals surface area contributed by atoms with Crippen LogP contribution in [0.5, 0.6) is 5.75 Å². The van der Waals surface area contributed by atoms with Crippen molar-refractivity contribution in [1.29, 1.82) is 0 Å². The van der Waals surface area contributed by atoms with Crippen LogP contribution in [0.4, 0.5) is 0 Å². The van der Waals surface area contributed by atoms with Crippen LogP contribution in [0.2, 0.25) is 5.02 Å². The third-order valence-electron chi connectivity index (χ3n) is 7.00. The van der Waals surface area contributed by atoms with Gasteiger partial charge in [0.2, 0.25) is 0 Å². The first-order valence-corrected chi connectivity index (χ1v) is 11.9. The van der Waals surface area contributed by atoms with Crippen molar-refractivity contribution in [2.24, 2.45) is 17.8 Å². The monoisotopic (exact) mass is 441 g/mol. The van der Waals surface area contributed by atoms with E-state index in [0.717, 1.165) is 12.8 Å². The average molecular weight is 442 g/mol. The minimum atomic E-state index is -3.59. The molecule has 1 amide bonds. The summed E-state index contributed by atoms with van der Waals surface area (Å²) in [6, 6.07) is 6.89. The second kappa shape index (κ2) is 7.13. The maximum Gasteiger partial charge on any atom is 0.272 e. The van der Waals surface area contributed by atoms with E-state index in [1.165, 1.54) is 7.11 Å². The van der Waals surface area contributed by atoms with Gasteiger partial charge in [0.25, 0.3) is 16.0 Å². The SMILES string of the molecule is COS(=O)(=O)C12CC3CC(C1)C(NC(=O)C(C)(C)Oc1ccc(Cl)cc1)C(C3)C2. The molecule has 29 heavy (non-hydrogen) atoms. The van der Waals surface area contributed by atoms with Gasteiger partial charge in [-0.05, 0) is 88.0 Å². The molecule has 0 spiro atoms. The van der Waals surface area contributed by atoms with Crippen LogP contribution in [0.25, 0.3) is 0 Å². The molecule has 6 nitrogen and oxygen atoms in total. The first-order chi connectivity index (χ1) is 13.6. The zero-order valence-electron chi connectivity index (χ0n) is 17.0. The number of hydrogen-bond acceptors (Lipinski definition) is 5. The molecule has 4 aliphatic rings. The van der Waals surface area contributed by atoms with Gasteiger partial charge in [0.1, 0.15) is 5.75 Å². The molecule has 1 N–H and O–H groups in total. The Morgan fingerprint density at radius 2 is 1.72 bits per heavy atom. The van der Waals surface area contributed by atoms with E-state index in [0.29, 0.717) is 36.0 Å². The Morgan fingerprint density at radius 1 is 1.14 bits per heavy atom. The quantitative estimate of drug-likeness (QED) is 0.683. The van der Waals surface area contributed by atoms with E-state index in [9.17, 15) is 13.2 Å². The van der Waals surface area contributed by atoms with Crippen LogP contribution in [0.1, 0.15) is 46.0 Å². The van der Waals surface area contributed by atoms with Crippen LogP contribution in [0.15, 0.2) is 24.3 Å². The predicted octanol–water partition coefficient (Wildman–Crippen LogP) is 3.54. The number of amides is 1. The van der Waals surface area contributed by atoms with Crippen molar-refractivity contribution in [3.05, 3.63) is 29.3 Å². The summed E-state index contributed by atoms with van der Waals surface area (Å²) in [5, 5.41) is 3.80. The predicted molar refractivity (Wildman–Crippen MR) is 110 cm³/mol. The molecule has 4 fully saturated rings. The maximum atomic E-state index is 13.1. The average Bonchev–Trinajstić information content (AvgIpc) is 2.65. The number of rotatable bonds is 6. The summed E-state index contributed by atoms with van der Waals surface area (Å²) in [4.78, 5) is 13.1. The van der Waals surface area contributed by atoms with E-state index in [1.807, 2.05) is 0 Å². The standard InChI is InChI=1S/C21H28ClNO5S/c1-20(2,28-17-6-4-16(22)5-7-17)19(24)23-18-14-8-13-9-15(18)12-21(10-13,11-14)29(25,26)27-3/h4-7,13-15,18H,8-12H2,1-3H3,(H,23,24). The highest BCUT2D eigenvalue weighted by atomic mass is 35.5. The van der Waals surface area contributed by atoms with E-state index >= 15 is 0 Å². The number of ether oxygens (including phenoxy) is 1. The summed E-state index contributed by atoms with van der Waals surface area (Å²) in [5.74, 6) is 1.09. The molecule has 4 saturated carbocycles. The fourth-order valence-corrected chi connectivity index (χ4v) is 7.59. The van der Waals surface area contributed by atoms with Crippen LogP contribution in [-0.4, -0.2) is 37.8 Å². The maximum absolute atomic E-state index is 13.1. The largest absolute Gasteiger partial charge is 0.478 e. The second-order valence-electron chi connectivity index (χ2n) is 9.34. The van der Waals surface area contributed by atoms with E-state index in [2.05, 4.69) is 5.32 Å². The zero-order valence-corrected chi connectivity index (χ0v) is 18.6. The Bertz CT molecular complexity index is 882. The van der Waals surface area contributed by atoms with Gasteiger partial charge in [0.05, 0.1) is 11.9 Å². The highest BCUT2D eigenvalue weighted by Gasteiger charge is 2.61. The van der Waals surface area contributed by atoms with E-state index in [4.69, 9.17) is 20.5 Å². The van der Waals surface area contributed by atoms with Crippen LogP contribution in [0.3, 0.4) is 0 Å². The normalized spacial score (nSPS) is 33.5. The fraction of sp³-hybridized carbons (Fsp3) is 0.667. The van der Waals surface area contributed by atoms with Crippen LogP contribution < -0.4 is 10.1 Å². The summed E-state index contributed by atoms with van der Waals surface area (Å²) in [5.41, 5.74) is -1.06. The lowest BCUT2D eigenvalue weighted by Gasteiger charge is -2.58. The van der Waals surface area contributed by atoms with Gasteiger partial charge >= 0.3 is 0 Å². The highest BCUT2D eigenvalue weighted by Crippen LogP contribution is 2.58. The molecule has 1 aromatic rings. The van der Waals surface area contributed by atoms with Gasteiger partial charge in [-0.3, -0.25) is 8.98 Å². The van der Waals surface area contributed by atoms with Crippen LogP contribution in [0, 0.1) is 17.8 Å². The molecule has 8 heteroatoms. The zero-order chi connectivity index (χ0) is 21.0. The lowest BCUT2D eigenvalue weighted by Crippen LogP contribution is -2.65. The third-order valence-corrected chi connectivity index (χ3v) is 9.25. The summed E-state index contributed by atoms with van der Waals surface area (Å²) < 4.78 is 35.3. The lowest BCUT2D eigenvalue weighted by atomic mass is 9.53. The van der Waals surface area contributed by atoms with Crippen LogP contribution >= 0.6 is 11.6 Å². The first-order valence-electron chi connectivity index (χ1n) is 10.1. The van der Waals surface area contributed by atoms with Gasteiger partial charge in [-0.2, -0.15) is 8.42 Å². The molecule has 5 rings (SSSR count). The minimum Gasteiger partial charge on any atom is -0.478 e. The number of nitrogens with one attached hydrogen (secondary N) is 1. The second-order valence-corrected chi connectivity index (χ2v) is 11.9. The summed E-state index contributed by atoms with van der Waals surface area (Å²) in [7, 11) is -2.34. The smallest absolute Gasteiger partial charge is 0.272 e. The molecule has 1 aromatic carbocycles. The molecule has 0 aliphatic heterocycles. The van der Waals surface area contributed by atoms with Gasteiger partial charge in [0.15, 0.2) is 5.60 Å². The number of carbonyl (C=O) groups excluding carboxylic acids is 1. The fourth-order valence-electron chi connectivity index (χ4n) is 5.84. The van der Waals surface area contributed by atoms with Crippen molar-refractivity contribution < 1.29 is 22.1 Å². The van der Waals surface area contributed by atoms with Crippen molar-refractivity contribution in [2.75, 3.05) is 7.11 Å². The molecular formula is C21H28ClNO5S. The minimum absolute atomic E-state index is 0.0210. The van der Waals surface area contributed by atoms with Gasteiger partial charge in [-0.1, -0.05) is 11.6 Å². The van der Waals surface area contributed by atoms with Gasteiger partial charge < -0.3 is 10.1 Å². The first kappa shape index (κ1) is 20.9. The molecule has 160 valence electrons. The Kier molecular flexibility index (Phi) is 5.15. The molecule has 2 atom stereocenters. The van der Waals surface area contributed by atoms with Crippen molar-refractivity contribution in [2.45, 2.75) is 62.3 Å². The topological polar surface area (TPSA) is 81.7 Å². The Balaban J connectivity index is 1.48. The molecule has 0 radical (unpaired) electrons. The molecular weight excluding hydrogens is 414 g/mol. The summed E-state index contributed by atoms with van der Waals surface area (Å²) in [6.07, 6.45) is 3.71. The Labute approximate surface area is 177 Å². The van der Waals surface area contributed by atoms with Crippen molar-refractivity contribution >= 4 is 27.6 Å². The van der Waals surface area contributed by atoms with Crippen molar-refractivity contribution in [3.63, 3.8) is 0 Å². The number of carbonyl (C=O) groups is 1. The molecule has 2 unspecified atom stereocenters. The summed E-state index contributed by atoms with van der Waals surface area (Å²) in [6.45, 7) is 3.48. The lowest BCUT2D eigenvalue weighted by molar-refractivity contribution is -0.137. The number of hydrogen-bond donors (Lipinski definition) is 1. The number of halogens is 1. The molecule has 0 heterocycles. The Morgan fingerprint density at radius 3 is 2.28 bits per heavy atom. The van der Waals surface area contributed by atoms with Crippen LogP contribution in [-0.2, 0) is 19.1 Å². The van der Waals surface area contributed by atoms with Gasteiger partial charge in [0, 0.05) is 11.1 Å². The molecule has 4 bridgehead atoms. The number of benzene rings is 1. The van der Waals surface area contributed by atoms with Crippen molar-refractivity contribution in [3.8, 4) is 5.75 Å². The third kappa shape index (κ3) is 3.66. The molecule has 0 aromatic heterocycles. The van der Waals surface area contributed by atoms with Gasteiger partial charge in [-0.25, -0.2) is 0 Å². The summed E-state index contributed by atoms with van der Waals surface area (Å²) >= 11 is 5.91.